The van der Waals surface area contributed by atoms with Crippen LogP contribution >= 0.6 is 11.8 Å². The second kappa shape index (κ2) is 3.41. The van der Waals surface area contributed by atoms with Crippen molar-refractivity contribution in [1.29, 1.82) is 5.26 Å². The lowest BCUT2D eigenvalue weighted by Gasteiger charge is -2.07. The third-order valence-electron chi connectivity index (χ3n) is 2.33. The number of benzene rings is 1. The number of aliphatic hydroxyl groups is 1. The molecule has 0 saturated heterocycles. The van der Waals surface area contributed by atoms with Crippen molar-refractivity contribution >= 4 is 11.8 Å². The summed E-state index contributed by atoms with van der Waals surface area (Å²) >= 11 is 1.13. The predicted molar refractivity (Wildman–Crippen MR) is 51.2 cm³/mol. The quantitative estimate of drug-likeness (QED) is 0.547. The van der Waals surface area contributed by atoms with E-state index in [0.29, 0.717) is 0 Å². The number of nitriles is 1. The Hall–Kier alpha value is -0.980. The summed E-state index contributed by atoms with van der Waals surface area (Å²) in [6, 6.07) is 5.85. The Morgan fingerprint density at radius 2 is 2.38 bits per heavy atom. The minimum atomic E-state index is -0.368. The van der Waals surface area contributed by atoms with E-state index < -0.39 is 0 Å². The number of hydrogen-bond donors (Lipinski definition) is 1. The molecule has 1 atom stereocenters. The van der Waals surface area contributed by atoms with Crippen molar-refractivity contribution in [3.05, 3.63) is 29.3 Å². The summed E-state index contributed by atoms with van der Waals surface area (Å²) < 4.78 is 0. The van der Waals surface area contributed by atoms with Crippen molar-refractivity contribution in [3.8, 4) is 5.40 Å². The van der Waals surface area contributed by atoms with Crippen LogP contribution in [0.4, 0.5) is 0 Å². The molecule has 0 fully saturated rings. The fraction of sp³-hybridized carbons (Fsp3) is 0.300. The maximum atomic E-state index is 9.67. The van der Waals surface area contributed by atoms with E-state index in [2.05, 4.69) is 0 Å². The number of aliphatic hydroxyl groups excluding tert-OH is 1. The highest BCUT2D eigenvalue weighted by Crippen LogP contribution is 2.37. The molecule has 0 aromatic heterocycles. The Morgan fingerprint density at radius 1 is 1.54 bits per heavy atom. The van der Waals surface area contributed by atoms with Gasteiger partial charge in [-0.05, 0) is 41.8 Å². The largest absolute Gasteiger partial charge is 0.388 e. The van der Waals surface area contributed by atoms with Gasteiger partial charge >= 0.3 is 0 Å². The lowest BCUT2D eigenvalue weighted by atomic mass is 10.1. The van der Waals surface area contributed by atoms with Gasteiger partial charge in [-0.2, -0.15) is 5.26 Å². The molecule has 1 aliphatic rings. The lowest BCUT2D eigenvalue weighted by Crippen LogP contribution is -1.92. The second-order valence-corrected chi connectivity index (χ2v) is 3.90. The summed E-state index contributed by atoms with van der Waals surface area (Å²) in [5.41, 5.74) is 2.15. The molecule has 0 heterocycles. The Kier molecular flexibility index (Phi) is 2.26. The van der Waals surface area contributed by atoms with Crippen LogP contribution in [0.1, 0.15) is 23.7 Å². The Labute approximate surface area is 81.2 Å². The average molecular weight is 191 g/mol. The zero-order valence-electron chi connectivity index (χ0n) is 7.03. The maximum Gasteiger partial charge on any atom is 0.138 e. The zero-order valence-corrected chi connectivity index (χ0v) is 7.84. The summed E-state index contributed by atoms with van der Waals surface area (Å²) in [5.74, 6) is 0. The van der Waals surface area contributed by atoms with Gasteiger partial charge in [0.1, 0.15) is 5.40 Å². The molecule has 1 aliphatic carbocycles. The fourth-order valence-corrected chi connectivity index (χ4v) is 2.38. The summed E-state index contributed by atoms with van der Waals surface area (Å²) in [7, 11) is 0. The molecule has 13 heavy (non-hydrogen) atoms. The lowest BCUT2D eigenvalue weighted by molar-refractivity contribution is 0.177. The van der Waals surface area contributed by atoms with E-state index in [1.54, 1.807) is 0 Å². The molecule has 0 amide bonds. The van der Waals surface area contributed by atoms with Crippen LogP contribution in [0.2, 0.25) is 0 Å². The number of aryl methyl sites for hydroxylation is 1. The molecule has 3 heteroatoms. The molecule has 2 rings (SSSR count). The van der Waals surface area contributed by atoms with Crippen LogP contribution in [-0.2, 0) is 6.42 Å². The Morgan fingerprint density at radius 3 is 3.15 bits per heavy atom. The molecule has 2 nitrogen and oxygen atoms in total. The average Bonchev–Trinajstić information content (AvgIpc) is 2.50. The van der Waals surface area contributed by atoms with Crippen molar-refractivity contribution in [2.24, 2.45) is 0 Å². The van der Waals surface area contributed by atoms with Gasteiger partial charge in [-0.15, -0.1) is 0 Å². The highest BCUT2D eigenvalue weighted by atomic mass is 32.2. The molecule has 0 spiro atoms. The van der Waals surface area contributed by atoms with Crippen LogP contribution in [0.5, 0.6) is 0 Å². The minimum absolute atomic E-state index is 0.368. The third kappa shape index (κ3) is 1.43. The number of nitrogens with zero attached hydrogens (tertiary/aromatic N) is 1. The molecule has 66 valence electrons. The van der Waals surface area contributed by atoms with E-state index >= 15 is 0 Å². The summed E-state index contributed by atoms with van der Waals surface area (Å²) in [6.45, 7) is 0. The Bertz CT molecular complexity index is 370. The van der Waals surface area contributed by atoms with Crippen LogP contribution in [0.15, 0.2) is 23.1 Å². The van der Waals surface area contributed by atoms with Gasteiger partial charge in [0, 0.05) is 4.90 Å². The van der Waals surface area contributed by atoms with E-state index in [-0.39, 0.29) is 6.10 Å². The Balaban J connectivity index is 2.48. The van der Waals surface area contributed by atoms with Gasteiger partial charge in [0.05, 0.1) is 6.10 Å². The fourth-order valence-electron chi connectivity index (χ4n) is 1.76. The van der Waals surface area contributed by atoms with Crippen LogP contribution in [-0.4, -0.2) is 5.11 Å². The predicted octanol–water partition coefficient (Wildman–Crippen LogP) is 2.24. The summed E-state index contributed by atoms with van der Waals surface area (Å²) in [4.78, 5) is 0.907. The molecular formula is C10H9NOS. The third-order valence-corrected chi connectivity index (χ3v) is 3.00. The van der Waals surface area contributed by atoms with Crippen molar-refractivity contribution in [2.45, 2.75) is 23.8 Å². The monoisotopic (exact) mass is 191 g/mol. The van der Waals surface area contributed by atoms with Crippen LogP contribution in [0, 0.1) is 10.7 Å². The van der Waals surface area contributed by atoms with Gasteiger partial charge in [-0.25, -0.2) is 0 Å². The van der Waals surface area contributed by atoms with Crippen molar-refractivity contribution in [3.63, 3.8) is 0 Å². The topological polar surface area (TPSA) is 44.0 Å². The van der Waals surface area contributed by atoms with Gasteiger partial charge in [0.25, 0.3) is 0 Å². The van der Waals surface area contributed by atoms with Gasteiger partial charge in [-0.1, -0.05) is 12.1 Å². The molecule has 1 unspecified atom stereocenters. The van der Waals surface area contributed by atoms with Crippen molar-refractivity contribution < 1.29 is 5.11 Å². The zero-order chi connectivity index (χ0) is 9.26. The first-order valence-electron chi connectivity index (χ1n) is 4.18. The first-order chi connectivity index (χ1) is 6.33. The van der Waals surface area contributed by atoms with Gasteiger partial charge in [0.15, 0.2) is 0 Å². The summed E-state index contributed by atoms with van der Waals surface area (Å²) in [5, 5.41) is 20.3. The van der Waals surface area contributed by atoms with Gasteiger partial charge < -0.3 is 5.11 Å². The molecular weight excluding hydrogens is 182 g/mol. The van der Waals surface area contributed by atoms with Crippen molar-refractivity contribution in [1.82, 2.24) is 0 Å². The highest BCUT2D eigenvalue weighted by Gasteiger charge is 2.23. The van der Waals surface area contributed by atoms with Crippen LogP contribution in [0.25, 0.3) is 0 Å². The smallest absolute Gasteiger partial charge is 0.138 e. The van der Waals surface area contributed by atoms with E-state index in [1.807, 2.05) is 23.6 Å². The second-order valence-electron chi connectivity index (χ2n) is 3.08. The normalized spacial score (nSPS) is 19.5. The van der Waals surface area contributed by atoms with Gasteiger partial charge in [-0.3, -0.25) is 0 Å². The number of fused-ring (bicyclic) bond motifs is 1. The molecule has 0 aliphatic heterocycles. The van der Waals surface area contributed by atoms with E-state index in [9.17, 15) is 5.11 Å². The van der Waals surface area contributed by atoms with Crippen molar-refractivity contribution in [2.75, 3.05) is 0 Å². The molecule has 1 aromatic carbocycles. The first-order valence-corrected chi connectivity index (χ1v) is 5.00. The van der Waals surface area contributed by atoms with Gasteiger partial charge in [0.2, 0.25) is 0 Å². The number of hydrogen-bond acceptors (Lipinski definition) is 3. The molecule has 1 aromatic rings. The standard InChI is InChI=1S/C10H9NOS/c11-6-13-9-3-1-2-7-4-5-8(12)10(7)9/h1-3,8,12H,4-5H2. The molecule has 0 radical (unpaired) electrons. The molecule has 1 N–H and O–H groups in total. The van der Waals surface area contributed by atoms with E-state index in [0.717, 1.165) is 35.1 Å². The SMILES string of the molecule is N#CSc1cccc2c1C(O)CC2. The van der Waals surface area contributed by atoms with E-state index in [1.165, 1.54) is 5.56 Å². The number of thiocyanates is 1. The number of thioether (sulfide) groups is 1. The van der Waals surface area contributed by atoms with E-state index in [4.69, 9.17) is 5.26 Å². The van der Waals surface area contributed by atoms with Crippen LogP contribution in [0.3, 0.4) is 0 Å². The number of rotatable bonds is 1. The molecule has 0 saturated carbocycles. The maximum absolute atomic E-state index is 9.67. The van der Waals surface area contributed by atoms with Crippen LogP contribution < -0.4 is 0 Å². The molecule has 0 bridgehead atoms. The minimum Gasteiger partial charge on any atom is -0.388 e. The highest BCUT2D eigenvalue weighted by molar-refractivity contribution is 8.03. The summed E-state index contributed by atoms with van der Waals surface area (Å²) in [6.07, 6.45) is 1.35. The first kappa shape index (κ1) is 8.61.